The molecule has 1 aromatic rings. The molecule has 0 saturated carbocycles. The Morgan fingerprint density at radius 3 is 2.47 bits per heavy atom. The van der Waals surface area contributed by atoms with E-state index in [0.717, 1.165) is 6.42 Å². The maximum Gasteiger partial charge on any atom is 0.119 e. The minimum Gasteiger partial charge on any atom is -0.491 e. The molecule has 4 heteroatoms. The molecule has 3 nitrogen and oxygen atoms in total. The molecule has 2 atom stereocenters. The van der Waals surface area contributed by atoms with E-state index >= 15 is 0 Å². The average Bonchev–Trinajstić information content (AvgIpc) is 2.37. The van der Waals surface area contributed by atoms with Crippen LogP contribution in [0.5, 0.6) is 5.75 Å². The van der Waals surface area contributed by atoms with Gasteiger partial charge >= 0.3 is 0 Å². The van der Waals surface area contributed by atoms with Crippen molar-refractivity contribution in [2.45, 2.75) is 36.5 Å². The molecule has 0 aliphatic heterocycles. The highest BCUT2D eigenvalue weighted by Gasteiger charge is 2.04. The molecular formula is C13H20O3S. The number of hydrogen-bond acceptors (Lipinski definition) is 4. The van der Waals surface area contributed by atoms with E-state index in [1.807, 2.05) is 36.0 Å². The van der Waals surface area contributed by atoms with E-state index in [2.05, 4.69) is 13.8 Å². The lowest BCUT2D eigenvalue weighted by Gasteiger charge is -2.11. The number of rotatable bonds is 7. The summed E-state index contributed by atoms with van der Waals surface area (Å²) in [6, 6.07) is 7.79. The predicted molar refractivity (Wildman–Crippen MR) is 70.6 cm³/mol. The van der Waals surface area contributed by atoms with Crippen LogP contribution in [0.25, 0.3) is 0 Å². The molecule has 17 heavy (non-hydrogen) atoms. The number of aliphatic hydroxyl groups is 2. The first-order chi connectivity index (χ1) is 8.15. The van der Waals surface area contributed by atoms with Crippen LogP contribution in [-0.2, 0) is 0 Å². The molecule has 0 aliphatic rings. The molecule has 0 aromatic heterocycles. The van der Waals surface area contributed by atoms with E-state index in [1.54, 1.807) is 0 Å². The zero-order valence-corrected chi connectivity index (χ0v) is 11.1. The maximum absolute atomic E-state index is 9.15. The second kappa shape index (κ2) is 7.58. The van der Waals surface area contributed by atoms with Crippen molar-refractivity contribution < 1.29 is 14.9 Å². The van der Waals surface area contributed by atoms with Crippen molar-refractivity contribution in [3.63, 3.8) is 0 Å². The first-order valence-corrected chi connectivity index (χ1v) is 6.72. The van der Waals surface area contributed by atoms with Crippen LogP contribution in [0.1, 0.15) is 20.3 Å². The van der Waals surface area contributed by atoms with E-state index in [9.17, 15) is 0 Å². The fraction of sp³-hybridized carbons (Fsp3) is 0.538. The molecule has 0 radical (unpaired) electrons. The smallest absolute Gasteiger partial charge is 0.119 e. The van der Waals surface area contributed by atoms with Crippen molar-refractivity contribution >= 4 is 11.8 Å². The largest absolute Gasteiger partial charge is 0.491 e. The van der Waals surface area contributed by atoms with E-state index in [1.165, 1.54) is 4.90 Å². The van der Waals surface area contributed by atoms with Crippen molar-refractivity contribution in [1.29, 1.82) is 0 Å². The molecule has 96 valence electrons. The third kappa shape index (κ3) is 5.44. The molecule has 0 aliphatic carbocycles. The fourth-order valence-electron chi connectivity index (χ4n) is 1.18. The highest BCUT2D eigenvalue weighted by molar-refractivity contribution is 7.99. The van der Waals surface area contributed by atoms with Gasteiger partial charge < -0.3 is 14.9 Å². The Morgan fingerprint density at radius 1 is 1.29 bits per heavy atom. The molecule has 0 heterocycles. The Labute approximate surface area is 107 Å². The topological polar surface area (TPSA) is 49.7 Å². The Hall–Kier alpha value is -0.710. The van der Waals surface area contributed by atoms with Gasteiger partial charge in [-0.15, -0.1) is 11.8 Å². The number of benzene rings is 1. The molecular weight excluding hydrogens is 236 g/mol. The second-order valence-corrected chi connectivity index (χ2v) is 5.47. The van der Waals surface area contributed by atoms with Gasteiger partial charge in [-0.2, -0.15) is 0 Å². The van der Waals surface area contributed by atoms with Gasteiger partial charge in [0.1, 0.15) is 18.5 Å². The lowest BCUT2D eigenvalue weighted by atomic mass is 10.3. The van der Waals surface area contributed by atoms with Crippen molar-refractivity contribution in [1.82, 2.24) is 0 Å². The summed E-state index contributed by atoms with van der Waals surface area (Å²) in [7, 11) is 0. The van der Waals surface area contributed by atoms with Gasteiger partial charge in [-0.1, -0.05) is 13.8 Å². The predicted octanol–water partition coefficient (Wildman–Crippen LogP) is 2.31. The van der Waals surface area contributed by atoms with Gasteiger partial charge in [0.15, 0.2) is 0 Å². The molecule has 0 bridgehead atoms. The van der Waals surface area contributed by atoms with Crippen molar-refractivity contribution in [3.05, 3.63) is 24.3 Å². The van der Waals surface area contributed by atoms with Gasteiger partial charge in [0.05, 0.1) is 6.61 Å². The number of hydrogen-bond donors (Lipinski definition) is 2. The van der Waals surface area contributed by atoms with E-state index in [0.29, 0.717) is 11.0 Å². The summed E-state index contributed by atoms with van der Waals surface area (Å²) in [4.78, 5) is 1.22. The SMILES string of the molecule is CCC(C)Sc1ccc(OCC(O)CO)cc1. The summed E-state index contributed by atoms with van der Waals surface area (Å²) in [6.45, 7) is 4.22. The van der Waals surface area contributed by atoms with Gasteiger partial charge in [0.25, 0.3) is 0 Å². The molecule has 1 aromatic carbocycles. The van der Waals surface area contributed by atoms with E-state index in [4.69, 9.17) is 14.9 Å². The highest BCUT2D eigenvalue weighted by Crippen LogP contribution is 2.26. The summed E-state index contributed by atoms with van der Waals surface area (Å²) in [5.41, 5.74) is 0. The van der Waals surface area contributed by atoms with Gasteiger partial charge in [-0.25, -0.2) is 0 Å². The fourth-order valence-corrected chi connectivity index (χ4v) is 2.10. The van der Waals surface area contributed by atoms with Crippen LogP contribution >= 0.6 is 11.8 Å². The summed E-state index contributed by atoms with van der Waals surface area (Å²) in [5.74, 6) is 0.714. The van der Waals surface area contributed by atoms with Crippen molar-refractivity contribution in [2.24, 2.45) is 0 Å². The molecule has 2 unspecified atom stereocenters. The summed E-state index contributed by atoms with van der Waals surface area (Å²) >= 11 is 1.84. The van der Waals surface area contributed by atoms with E-state index < -0.39 is 6.10 Å². The normalized spacial score (nSPS) is 14.4. The van der Waals surface area contributed by atoms with Gasteiger partial charge in [0, 0.05) is 10.1 Å². The van der Waals surface area contributed by atoms with Crippen molar-refractivity contribution in [3.8, 4) is 5.75 Å². The highest BCUT2D eigenvalue weighted by atomic mass is 32.2. The number of ether oxygens (including phenoxy) is 1. The lowest BCUT2D eigenvalue weighted by molar-refractivity contribution is 0.0536. The number of thioether (sulfide) groups is 1. The van der Waals surface area contributed by atoms with E-state index in [-0.39, 0.29) is 13.2 Å². The molecule has 0 saturated heterocycles. The minimum atomic E-state index is -0.816. The Morgan fingerprint density at radius 2 is 1.94 bits per heavy atom. The van der Waals surface area contributed by atoms with Crippen LogP contribution < -0.4 is 4.74 Å². The van der Waals surface area contributed by atoms with Crippen LogP contribution in [0.3, 0.4) is 0 Å². The van der Waals surface area contributed by atoms with Crippen molar-refractivity contribution in [2.75, 3.05) is 13.2 Å². The standard InChI is InChI=1S/C13H20O3S/c1-3-10(2)17-13-6-4-12(5-7-13)16-9-11(15)8-14/h4-7,10-11,14-15H,3,8-9H2,1-2H3. The van der Waals surface area contributed by atoms with Gasteiger partial charge in [-0.05, 0) is 30.7 Å². The Kier molecular flexibility index (Phi) is 6.40. The van der Waals surface area contributed by atoms with Gasteiger partial charge in [-0.3, -0.25) is 0 Å². The van der Waals surface area contributed by atoms with Gasteiger partial charge in [0.2, 0.25) is 0 Å². The Balaban J connectivity index is 2.44. The number of aliphatic hydroxyl groups excluding tert-OH is 2. The van der Waals surface area contributed by atoms with Crippen LogP contribution in [0.15, 0.2) is 29.2 Å². The quantitative estimate of drug-likeness (QED) is 0.735. The molecule has 2 N–H and O–H groups in total. The van der Waals surface area contributed by atoms with Crippen LogP contribution in [0.2, 0.25) is 0 Å². The van der Waals surface area contributed by atoms with Crippen LogP contribution in [0, 0.1) is 0 Å². The first-order valence-electron chi connectivity index (χ1n) is 5.84. The van der Waals surface area contributed by atoms with Crippen LogP contribution in [0.4, 0.5) is 0 Å². The summed E-state index contributed by atoms with van der Waals surface area (Å²) in [6.07, 6.45) is 0.329. The maximum atomic E-state index is 9.15. The zero-order chi connectivity index (χ0) is 12.7. The Bertz CT molecular complexity index is 313. The summed E-state index contributed by atoms with van der Waals surface area (Å²) < 4.78 is 5.33. The third-order valence-corrected chi connectivity index (χ3v) is 3.67. The molecule has 0 fully saturated rings. The summed E-state index contributed by atoms with van der Waals surface area (Å²) in [5, 5.41) is 18.4. The minimum absolute atomic E-state index is 0.119. The monoisotopic (exact) mass is 256 g/mol. The van der Waals surface area contributed by atoms with Crippen LogP contribution in [-0.4, -0.2) is 34.8 Å². The molecule has 0 amide bonds. The third-order valence-electron chi connectivity index (χ3n) is 2.39. The molecule has 0 spiro atoms. The lowest BCUT2D eigenvalue weighted by Crippen LogP contribution is -2.21. The first kappa shape index (κ1) is 14.4. The second-order valence-electron chi connectivity index (χ2n) is 3.96. The zero-order valence-electron chi connectivity index (χ0n) is 10.3. The average molecular weight is 256 g/mol. The molecule has 1 rings (SSSR count).